The molecule has 0 radical (unpaired) electrons. The van der Waals surface area contributed by atoms with Crippen LogP contribution < -0.4 is 9.47 Å². The van der Waals surface area contributed by atoms with Crippen LogP contribution in [0.5, 0.6) is 11.5 Å². The van der Waals surface area contributed by atoms with Gasteiger partial charge in [0, 0.05) is 22.7 Å². The highest BCUT2D eigenvalue weighted by molar-refractivity contribution is 5.79. The Hall–Kier alpha value is -3.21. The summed E-state index contributed by atoms with van der Waals surface area (Å²) in [7, 11) is 1.57. The molecule has 0 unspecified atom stereocenters. The van der Waals surface area contributed by atoms with Crippen LogP contribution in [0.25, 0.3) is 11.3 Å². The van der Waals surface area contributed by atoms with Crippen LogP contribution in [0.4, 0.5) is 4.39 Å². The number of ketones is 1. The highest BCUT2D eigenvalue weighted by Gasteiger charge is 2.37. The highest BCUT2D eigenvalue weighted by atomic mass is 19.1. The van der Waals surface area contributed by atoms with Crippen molar-refractivity contribution in [2.75, 3.05) is 7.11 Å². The van der Waals surface area contributed by atoms with Crippen molar-refractivity contribution in [3.8, 4) is 22.8 Å². The minimum absolute atomic E-state index is 0.00887. The third kappa shape index (κ3) is 4.44. The van der Waals surface area contributed by atoms with Crippen molar-refractivity contribution in [2.24, 2.45) is 11.8 Å². The van der Waals surface area contributed by atoms with Crippen molar-refractivity contribution < 1.29 is 18.7 Å². The maximum Gasteiger partial charge on any atom is 0.133 e. The molecular weight excluding hydrogens is 429 g/mol. The van der Waals surface area contributed by atoms with E-state index in [0.29, 0.717) is 22.9 Å². The normalized spacial score (nSPS) is 18.8. The van der Waals surface area contributed by atoms with E-state index >= 15 is 0 Å². The number of halogens is 1. The zero-order valence-electron chi connectivity index (χ0n) is 19.9. The van der Waals surface area contributed by atoms with Gasteiger partial charge in [-0.05, 0) is 86.4 Å². The molecule has 0 spiro atoms. The molecule has 0 amide bonds. The van der Waals surface area contributed by atoms with E-state index in [2.05, 4.69) is 12.1 Å². The number of Topliss-reactive ketones (excluding diaryl/α,β-unsaturated/α-hetero) is 1. The number of carbonyl (C=O) groups is 1. The van der Waals surface area contributed by atoms with E-state index in [-0.39, 0.29) is 29.5 Å². The molecule has 1 saturated carbocycles. The molecular formula is C29H30FNO3. The van der Waals surface area contributed by atoms with Crippen molar-refractivity contribution in [1.82, 2.24) is 4.98 Å². The van der Waals surface area contributed by atoms with Gasteiger partial charge in [0.2, 0.25) is 0 Å². The third-order valence-electron chi connectivity index (χ3n) is 7.28. The van der Waals surface area contributed by atoms with Crippen molar-refractivity contribution in [2.45, 2.75) is 51.6 Å². The number of fused-ring (bicyclic) bond motifs is 1. The number of methoxy groups -OCH3 is 1. The Labute approximate surface area is 200 Å². The van der Waals surface area contributed by atoms with Crippen molar-refractivity contribution in [3.05, 3.63) is 77.2 Å². The molecule has 0 saturated heterocycles. The molecule has 0 N–H and O–H groups in total. The predicted molar refractivity (Wildman–Crippen MR) is 130 cm³/mol. The molecule has 0 bridgehead atoms. The molecule has 5 rings (SSSR count). The maximum atomic E-state index is 14.4. The standard InChI is InChI=1S/C29H30FNO3/c1-17(18(2)32)29(19-7-8-19)20-5-4-6-22(15-20)34-28-14-13-26-23(28)10-12-27(31-26)24-16-21(33-3)9-11-25(24)30/h4-6,9-12,15-17,19,28-29H,7-8,13-14H2,1-3H3/t17-,28-,29+/m1/s1. The molecule has 4 nitrogen and oxygen atoms in total. The van der Waals surface area contributed by atoms with Crippen LogP contribution in [0.15, 0.2) is 54.6 Å². The zero-order chi connectivity index (χ0) is 23.8. The average molecular weight is 460 g/mol. The van der Waals surface area contributed by atoms with Gasteiger partial charge in [0.15, 0.2) is 0 Å². The van der Waals surface area contributed by atoms with E-state index in [1.165, 1.54) is 24.5 Å². The summed E-state index contributed by atoms with van der Waals surface area (Å²) in [5.41, 5.74) is 4.21. The molecule has 1 heterocycles. The molecule has 2 aromatic carbocycles. The fourth-order valence-corrected chi connectivity index (χ4v) is 5.17. The number of carbonyl (C=O) groups excluding carboxylic acids is 1. The van der Waals surface area contributed by atoms with Crippen LogP contribution >= 0.6 is 0 Å². The van der Waals surface area contributed by atoms with Crippen molar-refractivity contribution >= 4 is 5.78 Å². The SMILES string of the molecule is COc1ccc(F)c(-c2ccc3c(n2)CC[C@H]3Oc2cccc([C@H](C3CC3)[C@H](C)C(C)=O)c2)c1. The first-order valence-corrected chi connectivity index (χ1v) is 12.1. The number of pyridine rings is 1. The Morgan fingerprint density at radius 3 is 2.62 bits per heavy atom. The van der Waals surface area contributed by atoms with Gasteiger partial charge in [-0.3, -0.25) is 9.78 Å². The molecule has 3 atom stereocenters. The highest BCUT2D eigenvalue weighted by Crippen LogP contribution is 2.47. The van der Waals surface area contributed by atoms with Crippen LogP contribution in [0, 0.1) is 17.7 Å². The maximum absolute atomic E-state index is 14.4. The van der Waals surface area contributed by atoms with Crippen molar-refractivity contribution in [3.63, 3.8) is 0 Å². The summed E-state index contributed by atoms with van der Waals surface area (Å²) in [5, 5.41) is 0. The smallest absolute Gasteiger partial charge is 0.133 e. The fraction of sp³-hybridized carbons (Fsp3) is 0.379. The Morgan fingerprint density at radius 1 is 1.06 bits per heavy atom. The van der Waals surface area contributed by atoms with E-state index in [1.54, 1.807) is 26.2 Å². The van der Waals surface area contributed by atoms with E-state index in [1.807, 2.05) is 31.2 Å². The molecule has 2 aliphatic rings. The summed E-state index contributed by atoms with van der Waals surface area (Å²) in [6.45, 7) is 3.73. The summed E-state index contributed by atoms with van der Waals surface area (Å²) in [6.07, 6.45) is 3.89. The van der Waals surface area contributed by atoms with Crippen LogP contribution in [0.3, 0.4) is 0 Å². The predicted octanol–water partition coefficient (Wildman–Crippen LogP) is 6.68. The molecule has 5 heteroatoms. The number of hydrogen-bond donors (Lipinski definition) is 0. The van der Waals surface area contributed by atoms with E-state index in [0.717, 1.165) is 29.8 Å². The number of aromatic nitrogens is 1. The lowest BCUT2D eigenvalue weighted by molar-refractivity contribution is -0.121. The first-order valence-electron chi connectivity index (χ1n) is 12.1. The van der Waals surface area contributed by atoms with Crippen LogP contribution in [-0.2, 0) is 11.2 Å². The monoisotopic (exact) mass is 459 g/mol. The zero-order valence-corrected chi connectivity index (χ0v) is 19.9. The topological polar surface area (TPSA) is 48.4 Å². The van der Waals surface area contributed by atoms with Gasteiger partial charge >= 0.3 is 0 Å². The minimum Gasteiger partial charge on any atom is -0.497 e. The first-order chi connectivity index (χ1) is 16.4. The van der Waals surface area contributed by atoms with Gasteiger partial charge in [0.25, 0.3) is 0 Å². The second-order valence-corrected chi connectivity index (χ2v) is 9.56. The lowest BCUT2D eigenvalue weighted by Gasteiger charge is -2.23. The van der Waals surface area contributed by atoms with Gasteiger partial charge in [-0.2, -0.15) is 0 Å². The summed E-state index contributed by atoms with van der Waals surface area (Å²) < 4.78 is 26.1. The summed E-state index contributed by atoms with van der Waals surface area (Å²) >= 11 is 0. The summed E-state index contributed by atoms with van der Waals surface area (Å²) in [5.74, 6) is 2.18. The number of nitrogens with zero attached hydrogens (tertiary/aromatic N) is 1. The molecule has 1 fully saturated rings. The van der Waals surface area contributed by atoms with Gasteiger partial charge in [-0.15, -0.1) is 0 Å². The van der Waals surface area contributed by atoms with Gasteiger partial charge in [0.1, 0.15) is 29.2 Å². The average Bonchev–Trinajstić information content (AvgIpc) is 3.60. The lowest BCUT2D eigenvalue weighted by atomic mass is 9.81. The minimum atomic E-state index is -0.319. The molecule has 2 aliphatic carbocycles. The molecule has 1 aromatic heterocycles. The van der Waals surface area contributed by atoms with Gasteiger partial charge in [-0.1, -0.05) is 25.1 Å². The third-order valence-corrected chi connectivity index (χ3v) is 7.28. The first kappa shape index (κ1) is 22.6. The summed E-state index contributed by atoms with van der Waals surface area (Å²) in [6, 6.07) is 16.8. The van der Waals surface area contributed by atoms with Gasteiger partial charge in [-0.25, -0.2) is 4.39 Å². The fourth-order valence-electron chi connectivity index (χ4n) is 5.17. The number of rotatable bonds is 8. The van der Waals surface area contributed by atoms with Gasteiger partial charge < -0.3 is 9.47 Å². The Morgan fingerprint density at radius 2 is 1.88 bits per heavy atom. The largest absolute Gasteiger partial charge is 0.497 e. The van der Waals surface area contributed by atoms with E-state index in [4.69, 9.17) is 14.5 Å². The number of benzene rings is 2. The molecule has 34 heavy (non-hydrogen) atoms. The number of hydrogen-bond acceptors (Lipinski definition) is 4. The van der Waals surface area contributed by atoms with Crippen molar-refractivity contribution in [1.29, 1.82) is 0 Å². The quantitative estimate of drug-likeness (QED) is 0.377. The lowest BCUT2D eigenvalue weighted by Crippen LogP contribution is -2.19. The number of ether oxygens (including phenoxy) is 2. The molecule has 176 valence electrons. The van der Waals surface area contributed by atoms with Crippen LogP contribution in [0.2, 0.25) is 0 Å². The second kappa shape index (κ2) is 9.21. The van der Waals surface area contributed by atoms with Crippen LogP contribution in [-0.4, -0.2) is 17.9 Å². The van der Waals surface area contributed by atoms with Gasteiger partial charge in [0.05, 0.1) is 12.8 Å². The Kier molecular flexibility index (Phi) is 6.11. The van der Waals surface area contributed by atoms with E-state index < -0.39 is 0 Å². The van der Waals surface area contributed by atoms with Crippen LogP contribution in [0.1, 0.15) is 62.0 Å². The Balaban J connectivity index is 1.37. The number of aryl methyl sites for hydroxylation is 1. The Bertz CT molecular complexity index is 1220. The summed E-state index contributed by atoms with van der Waals surface area (Å²) in [4.78, 5) is 16.9. The molecule has 3 aromatic rings. The molecule has 0 aliphatic heterocycles. The van der Waals surface area contributed by atoms with E-state index in [9.17, 15) is 9.18 Å². The second-order valence-electron chi connectivity index (χ2n) is 9.56.